The maximum atomic E-state index is 15.3. The first kappa shape index (κ1) is 38.0. The Labute approximate surface area is 328 Å². The Morgan fingerprint density at radius 2 is 1.83 bits per heavy atom. The third-order valence-electron chi connectivity index (χ3n) is 11.8. The molecule has 2 N–H and O–H groups in total. The van der Waals surface area contributed by atoms with E-state index in [-0.39, 0.29) is 29.8 Å². The largest absolute Gasteiger partial charge is 0.494 e. The second-order valence-corrected chi connectivity index (χ2v) is 15.9. The van der Waals surface area contributed by atoms with Gasteiger partial charge in [-0.25, -0.2) is 11.0 Å². The number of hydrogen-bond acceptors (Lipinski definition) is 7. The van der Waals surface area contributed by atoms with Crippen LogP contribution in [-0.2, 0) is 11.2 Å². The predicted molar refractivity (Wildman–Crippen MR) is 219 cm³/mol. The van der Waals surface area contributed by atoms with Crippen LogP contribution in [0.4, 0.5) is 5.69 Å². The normalized spacial score (nSPS) is 22.7. The van der Waals surface area contributed by atoms with Gasteiger partial charge in [0.25, 0.3) is 5.91 Å². The number of benzene rings is 3. The van der Waals surface area contributed by atoms with E-state index >= 15 is 4.79 Å². The van der Waals surface area contributed by atoms with Gasteiger partial charge in [-0.05, 0) is 135 Å². The number of hydrazine groups is 1. The molecule has 11 heteroatoms. The minimum Gasteiger partial charge on any atom is -0.494 e. The van der Waals surface area contributed by atoms with Gasteiger partial charge in [0.15, 0.2) is 5.84 Å². The molecule has 1 amide bonds. The van der Waals surface area contributed by atoms with Crippen molar-refractivity contribution >= 4 is 58.0 Å². The second-order valence-electron chi connectivity index (χ2n) is 15.1. The summed E-state index contributed by atoms with van der Waals surface area (Å²) in [5.74, 6) is 1.54. The Kier molecular flexibility index (Phi) is 10.9. The number of carbonyl (C=O) groups is 1. The zero-order chi connectivity index (χ0) is 38.4. The average molecular weight is 767 g/mol. The molecule has 1 aliphatic carbocycles. The Hall–Kier alpha value is -4.31. The number of fused-ring (bicyclic) bond motifs is 3. The van der Waals surface area contributed by atoms with Crippen LogP contribution in [0, 0.1) is 31.2 Å². The molecule has 0 radical (unpaired) electrons. The molecule has 0 bridgehead atoms. The smallest absolute Gasteiger partial charge is 0.250 e. The zero-order valence-electron chi connectivity index (χ0n) is 32.2. The fourth-order valence-electron chi connectivity index (χ4n) is 9.10. The number of ether oxygens (including phenoxy) is 1. The van der Waals surface area contributed by atoms with E-state index in [9.17, 15) is 0 Å². The van der Waals surface area contributed by atoms with E-state index in [2.05, 4.69) is 52.3 Å². The number of hydrogen-bond donors (Lipinski definition) is 2. The van der Waals surface area contributed by atoms with Gasteiger partial charge in [0.2, 0.25) is 0 Å². The van der Waals surface area contributed by atoms with Crippen LogP contribution in [0.25, 0.3) is 11.1 Å². The fourth-order valence-corrected chi connectivity index (χ4v) is 9.49. The Balaban J connectivity index is 1.33. The molecule has 4 atom stereocenters. The number of piperidine rings is 1. The summed E-state index contributed by atoms with van der Waals surface area (Å²) in [5.41, 5.74) is 23.5. The number of aryl methyl sites for hydroxylation is 2. The highest BCUT2D eigenvalue weighted by atomic mass is 35.5. The molecule has 7 rings (SSSR count). The summed E-state index contributed by atoms with van der Waals surface area (Å²) in [6.07, 6.45) is 5.62. The SMILES string of the molecule is CN=C(N=N)c1ccc2c(c1)C(N1C[C@@H](C)C3CCc4c(ccc(Cl)c4C4=C(C)N(C)NC4C)C(CCCOc4cc(C)c(Cl)c(C)c4)=C3C1=O)CC=N2. The first-order chi connectivity index (χ1) is 25.9. The van der Waals surface area contributed by atoms with Crippen molar-refractivity contribution < 1.29 is 9.53 Å². The summed E-state index contributed by atoms with van der Waals surface area (Å²) in [6, 6.07) is 13.9. The molecule has 1 saturated heterocycles. The van der Waals surface area contributed by atoms with Gasteiger partial charge in [-0.2, -0.15) is 0 Å². The summed E-state index contributed by atoms with van der Waals surface area (Å²) in [6.45, 7) is 11.7. The van der Waals surface area contributed by atoms with Gasteiger partial charge in [-0.15, -0.1) is 5.11 Å². The van der Waals surface area contributed by atoms with Crippen LogP contribution in [0.1, 0.15) is 91.4 Å². The molecular formula is C43H49Cl2N7O2. The Morgan fingerprint density at radius 1 is 1.07 bits per heavy atom. The van der Waals surface area contributed by atoms with Crippen molar-refractivity contribution in [3.63, 3.8) is 0 Å². The molecule has 3 heterocycles. The van der Waals surface area contributed by atoms with Crippen LogP contribution in [0.15, 0.2) is 68.8 Å². The van der Waals surface area contributed by atoms with Gasteiger partial charge in [-0.3, -0.25) is 14.8 Å². The van der Waals surface area contributed by atoms with Gasteiger partial charge in [-0.1, -0.05) is 36.2 Å². The number of amides is 1. The quantitative estimate of drug-likeness (QED) is 0.103. The lowest BCUT2D eigenvalue weighted by atomic mass is 9.76. The third-order valence-corrected chi connectivity index (χ3v) is 12.7. The molecule has 54 heavy (non-hydrogen) atoms. The molecule has 282 valence electrons. The maximum absolute atomic E-state index is 15.3. The van der Waals surface area contributed by atoms with E-state index in [0.717, 1.165) is 91.0 Å². The van der Waals surface area contributed by atoms with E-state index in [0.29, 0.717) is 31.8 Å². The molecular weight excluding hydrogens is 717 g/mol. The molecule has 0 aromatic heterocycles. The number of rotatable bonds is 8. The second kappa shape index (κ2) is 15.4. The summed E-state index contributed by atoms with van der Waals surface area (Å²) < 4.78 is 6.32. The highest BCUT2D eigenvalue weighted by Gasteiger charge is 2.44. The summed E-state index contributed by atoms with van der Waals surface area (Å²) in [7, 11) is 3.68. The van der Waals surface area contributed by atoms with Crippen LogP contribution >= 0.6 is 23.2 Å². The number of nitrogens with zero attached hydrogens (tertiary/aromatic N) is 5. The van der Waals surface area contributed by atoms with Crippen molar-refractivity contribution in [3.05, 3.63) is 103 Å². The maximum Gasteiger partial charge on any atom is 0.250 e. The molecule has 9 nitrogen and oxygen atoms in total. The van der Waals surface area contributed by atoms with Crippen LogP contribution in [0.5, 0.6) is 5.75 Å². The van der Waals surface area contributed by atoms with Crippen molar-refractivity contribution in [2.75, 3.05) is 27.2 Å². The van der Waals surface area contributed by atoms with Gasteiger partial charge in [0.05, 0.1) is 24.4 Å². The third kappa shape index (κ3) is 6.80. The minimum atomic E-state index is -0.206. The van der Waals surface area contributed by atoms with Crippen molar-refractivity contribution in [3.8, 4) is 5.75 Å². The number of carbonyl (C=O) groups excluding carboxylic acids is 1. The van der Waals surface area contributed by atoms with Crippen molar-refractivity contribution in [1.82, 2.24) is 15.3 Å². The number of halogens is 2. The first-order valence-corrected chi connectivity index (χ1v) is 19.7. The number of likely N-dealkylation sites (tertiary alicyclic amines) is 1. The van der Waals surface area contributed by atoms with Crippen molar-refractivity contribution in [2.24, 2.45) is 26.9 Å². The monoisotopic (exact) mass is 765 g/mol. The number of nitrogens with one attached hydrogen (secondary N) is 2. The molecule has 1 fully saturated rings. The summed E-state index contributed by atoms with van der Waals surface area (Å²) in [4.78, 5) is 26.3. The topological polar surface area (TPSA) is 106 Å². The molecule has 3 aromatic rings. The average Bonchev–Trinajstić information content (AvgIpc) is 3.29. The molecule has 0 spiro atoms. The van der Waals surface area contributed by atoms with E-state index < -0.39 is 0 Å². The van der Waals surface area contributed by atoms with E-state index in [1.165, 1.54) is 11.1 Å². The molecule has 3 aliphatic heterocycles. The van der Waals surface area contributed by atoms with Gasteiger partial charge in [0, 0.05) is 71.3 Å². The fraction of sp³-hybridized carbons (Fsp3) is 0.419. The van der Waals surface area contributed by atoms with Gasteiger partial charge >= 0.3 is 0 Å². The van der Waals surface area contributed by atoms with Gasteiger partial charge in [0.1, 0.15) is 5.75 Å². The standard InChI is InChI=1S/C43H49Cl2N7O2/c1-23-19-29(20-24(2)41(23)45)54-18-8-9-32-31-13-14-35(44)40(38-26(4)50-51(7)27(38)5)33(31)12-11-30-25(3)22-52(43(53)39(30)32)37-16-17-48-36-15-10-28(21-34(36)37)42(47-6)49-46/h10,13-15,17,19-21,25-26,30,37,46,50H,8-9,11-12,16,18,22H2,1-7H3/t25-,26?,30?,37?/m1/s1. The Bertz CT molecular complexity index is 2130. The van der Waals surface area contributed by atoms with Crippen LogP contribution in [-0.4, -0.2) is 61.2 Å². The predicted octanol–water partition coefficient (Wildman–Crippen LogP) is 10.1. The lowest BCUT2D eigenvalue weighted by Crippen LogP contribution is -2.47. The molecule has 3 aromatic carbocycles. The highest BCUT2D eigenvalue weighted by molar-refractivity contribution is 6.33. The zero-order valence-corrected chi connectivity index (χ0v) is 33.7. The summed E-state index contributed by atoms with van der Waals surface area (Å²) in [5, 5.41) is 7.23. The van der Waals surface area contributed by atoms with Crippen molar-refractivity contribution in [2.45, 2.75) is 78.8 Å². The van der Waals surface area contributed by atoms with E-state index in [1.807, 2.05) is 63.5 Å². The number of aliphatic imine (C=N–C) groups is 2. The highest BCUT2D eigenvalue weighted by Crippen LogP contribution is 2.49. The molecule has 4 aliphatic rings. The lowest BCUT2D eigenvalue weighted by molar-refractivity contribution is -0.133. The molecule has 0 saturated carbocycles. The van der Waals surface area contributed by atoms with Crippen LogP contribution < -0.4 is 10.2 Å². The lowest BCUT2D eigenvalue weighted by Gasteiger charge is -2.43. The van der Waals surface area contributed by atoms with Crippen LogP contribution in [0.3, 0.4) is 0 Å². The minimum absolute atomic E-state index is 0.0829. The number of amidine groups is 1. The Morgan fingerprint density at radius 3 is 2.52 bits per heavy atom. The van der Waals surface area contributed by atoms with Crippen molar-refractivity contribution in [1.29, 1.82) is 5.53 Å². The van der Waals surface area contributed by atoms with E-state index in [1.54, 1.807) is 7.05 Å². The summed E-state index contributed by atoms with van der Waals surface area (Å²) >= 11 is 13.6. The number of allylic oxidation sites excluding steroid dienone is 2. The molecule has 3 unspecified atom stereocenters. The van der Waals surface area contributed by atoms with Crippen LogP contribution in [0.2, 0.25) is 10.0 Å². The van der Waals surface area contributed by atoms with E-state index in [4.69, 9.17) is 38.5 Å². The van der Waals surface area contributed by atoms with Gasteiger partial charge < -0.3 is 14.6 Å². The first-order valence-electron chi connectivity index (χ1n) is 18.9.